The summed E-state index contributed by atoms with van der Waals surface area (Å²) in [6.07, 6.45) is 59.0. The van der Waals surface area contributed by atoms with Crippen molar-refractivity contribution in [2.45, 2.75) is 451 Å². The molecule has 0 aromatic carbocycles. The van der Waals surface area contributed by atoms with E-state index in [4.69, 9.17) is 27.6 Å². The molecule has 0 heterocycles. The number of phosphoric ester groups is 2. The predicted molar refractivity (Wildman–Crippen MR) is 422 cm³/mol. The first-order valence-corrected chi connectivity index (χ1v) is 45.8. The van der Waals surface area contributed by atoms with E-state index in [2.05, 4.69) is 62.8 Å². The summed E-state index contributed by atoms with van der Waals surface area (Å²) in [5.41, 5.74) is 0. The maximum absolute atomic E-state index is 13.6. The third kappa shape index (κ3) is 74.1. The second-order valence-corrected chi connectivity index (χ2v) is 32.2. The summed E-state index contributed by atoms with van der Waals surface area (Å²) in [6, 6.07) is -2.03. The molecule has 4 unspecified atom stereocenters. The van der Waals surface area contributed by atoms with E-state index in [0.717, 1.165) is 154 Å². The van der Waals surface area contributed by atoms with Crippen LogP contribution in [0.5, 0.6) is 0 Å². The van der Waals surface area contributed by atoms with Crippen molar-refractivity contribution in [3.8, 4) is 0 Å². The Bertz CT molecular complexity index is 1920. The summed E-state index contributed by atoms with van der Waals surface area (Å²) < 4.78 is 60.2. The van der Waals surface area contributed by atoms with Crippen LogP contribution in [0.1, 0.15) is 430 Å². The maximum atomic E-state index is 13.6. The molecule has 0 radical (unpaired) electrons. The van der Waals surface area contributed by atoms with Gasteiger partial charge in [0, 0.05) is 38.8 Å². The average molecular weight is 1540 g/mol. The number of amides is 4. The van der Waals surface area contributed by atoms with Crippen LogP contribution < -0.4 is 80.4 Å². The van der Waals surface area contributed by atoms with Gasteiger partial charge in [0.25, 0.3) is 0 Å². The summed E-state index contributed by atoms with van der Waals surface area (Å²) in [5.74, 6) is -0.941. The molecule has 6 N–H and O–H groups in total. The molecule has 0 spiro atoms. The van der Waals surface area contributed by atoms with Crippen LogP contribution in [-0.4, -0.2) is 103 Å². The van der Waals surface area contributed by atoms with Gasteiger partial charge in [-0.1, -0.05) is 337 Å². The van der Waals surface area contributed by atoms with Gasteiger partial charge in [0.2, 0.25) is 11.8 Å². The first-order chi connectivity index (χ1) is 49.6. The molecular weight excluding hydrogens is 1380 g/mol. The Morgan fingerprint density at radius 2 is 0.510 bits per heavy atom. The van der Waals surface area contributed by atoms with Crippen LogP contribution in [0, 0.1) is 0 Å². The molecule has 0 saturated carbocycles. The summed E-state index contributed by atoms with van der Waals surface area (Å²) in [5, 5.41) is 11.3. The second-order valence-electron chi connectivity index (χ2n) is 29.3. The fourth-order valence-electron chi connectivity index (χ4n) is 13.1. The molecule has 0 rings (SSSR count). The predicted octanol–water partition coefficient (Wildman–Crippen LogP) is 17.1. The molecule has 6 atom stereocenters. The zero-order valence-electron chi connectivity index (χ0n) is 70.6. The summed E-state index contributed by atoms with van der Waals surface area (Å²) in [6.45, 7) is 11.5. The molecule has 0 bridgehead atoms. The largest absolute Gasteiger partial charge is 1.00 e. The van der Waals surface area contributed by atoms with Gasteiger partial charge in [-0.25, -0.2) is 13.9 Å². The Hall–Kier alpha value is -0.630. The molecule has 104 heavy (non-hydrogen) atoms. The SMILES string of the molecule is CCCCCCCCCCCCC(=O)N[C@@H](CCOP(=O)(O)OCCNC(=O)NCCOP(=O)(O)OCC[C@H](NC(=O)CCCCCCCCCCCC)C(CCCCCCCCCC)OC(=O)CCCCCCCCCC)C(CCCCCCCCCC)OC(=O)CCCCCCCCCC.[H-].[H-].[Na+].[Na+]. The van der Waals surface area contributed by atoms with Crippen molar-refractivity contribution in [1.82, 2.24) is 21.3 Å². The van der Waals surface area contributed by atoms with E-state index in [9.17, 15) is 42.9 Å². The van der Waals surface area contributed by atoms with Crippen molar-refractivity contribution in [3.05, 3.63) is 0 Å². The minimum absolute atomic E-state index is 0. The van der Waals surface area contributed by atoms with Gasteiger partial charge in [-0.05, 0) is 64.2 Å². The van der Waals surface area contributed by atoms with Gasteiger partial charge in [0.15, 0.2) is 0 Å². The number of rotatable bonds is 80. The zero-order chi connectivity index (χ0) is 74.9. The van der Waals surface area contributed by atoms with Crippen LogP contribution in [0.25, 0.3) is 0 Å². The first kappa shape index (κ1) is 108. The Morgan fingerprint density at radius 3 is 0.760 bits per heavy atom. The number of phosphoric acid groups is 2. The summed E-state index contributed by atoms with van der Waals surface area (Å²) >= 11 is 0. The Morgan fingerprint density at radius 1 is 0.298 bits per heavy atom. The van der Waals surface area contributed by atoms with Crippen LogP contribution in [0.4, 0.5) is 4.79 Å². The first-order valence-electron chi connectivity index (χ1n) is 42.8. The molecule has 0 aliphatic rings. The fraction of sp³-hybridized carbons (Fsp3) is 0.938. The standard InChI is InChI=1S/C81H160N4O15P2.2Na.2H/c1-7-13-19-25-31-37-39-43-49-55-61-77(86)84-73(75(59-53-47-41-33-27-21-15-9-3)99-79(88)63-57-51-45-35-29-23-17-11-5)65-69-95-101(91,92)97-71-67-82-81(90)83-68-72-98-102(93,94)96-70-66-74(85-78(87)62-56-50-44-40-38-32-26-20-14-8-2)76(60-54-48-42-34-28-22-16-10-4)100-80(89)64-58-52-46-36-30-24-18-12-6;;;;/h73-76H,7-72H2,1-6H3,(H,84,86)(H,85,87)(H,91,92)(H,93,94)(H2,82,83,90);;;;/q;2*+1;2*-1/t73-,74-,75?,76?;;;;/m0..../s1. The van der Waals surface area contributed by atoms with E-state index in [1.54, 1.807) is 0 Å². The number of unbranched alkanes of at least 4 members (excludes halogenated alkanes) is 46. The number of ether oxygens (including phenoxy) is 2. The van der Waals surface area contributed by atoms with Gasteiger partial charge < -0.3 is 43.4 Å². The average Bonchev–Trinajstić information content (AvgIpc) is 0.889. The topological polar surface area (TPSA) is 263 Å². The molecule has 0 aliphatic heterocycles. The molecule has 608 valence electrons. The molecular formula is C81H162N4Na2O15P2. The van der Waals surface area contributed by atoms with Crippen LogP contribution in [0.3, 0.4) is 0 Å². The number of carbonyl (C=O) groups is 5. The van der Waals surface area contributed by atoms with Crippen LogP contribution in [0.15, 0.2) is 0 Å². The molecule has 0 aromatic rings. The van der Waals surface area contributed by atoms with Gasteiger partial charge in [-0.15, -0.1) is 0 Å². The minimum Gasteiger partial charge on any atom is -1.00 e. The monoisotopic (exact) mass is 1540 g/mol. The normalized spacial score (nSPS) is 13.7. The Kier molecular flexibility index (Phi) is 83.2. The molecule has 4 amide bonds. The number of nitrogens with one attached hydrogen (secondary N) is 4. The van der Waals surface area contributed by atoms with Crippen molar-refractivity contribution < 1.29 is 132 Å². The van der Waals surface area contributed by atoms with Crippen molar-refractivity contribution in [3.63, 3.8) is 0 Å². The number of esters is 2. The van der Waals surface area contributed by atoms with Gasteiger partial charge in [-0.2, -0.15) is 0 Å². The quantitative estimate of drug-likeness (QED) is 0.0143. The van der Waals surface area contributed by atoms with E-state index in [-0.39, 0.29) is 138 Å². The van der Waals surface area contributed by atoms with Crippen molar-refractivity contribution >= 4 is 45.4 Å². The van der Waals surface area contributed by atoms with Crippen molar-refractivity contribution in [2.24, 2.45) is 0 Å². The van der Waals surface area contributed by atoms with Gasteiger partial charge >= 0.3 is 92.7 Å². The number of carbonyl (C=O) groups excluding carboxylic acids is 5. The molecule has 0 aliphatic carbocycles. The Labute approximate surface area is 684 Å². The fourth-order valence-corrected chi connectivity index (χ4v) is 14.6. The summed E-state index contributed by atoms with van der Waals surface area (Å²) in [4.78, 5) is 88.5. The van der Waals surface area contributed by atoms with Gasteiger partial charge in [0.1, 0.15) is 12.2 Å². The second kappa shape index (κ2) is 80.4. The van der Waals surface area contributed by atoms with Gasteiger partial charge in [-0.3, -0.25) is 37.3 Å². The van der Waals surface area contributed by atoms with Crippen LogP contribution in [-0.2, 0) is 55.9 Å². The number of hydrogen-bond donors (Lipinski definition) is 6. The molecule has 0 fully saturated rings. The smallest absolute Gasteiger partial charge is 1.00 e. The molecule has 23 heteroatoms. The number of urea groups is 1. The zero-order valence-corrected chi connectivity index (χ0v) is 74.4. The van der Waals surface area contributed by atoms with Crippen molar-refractivity contribution in [2.75, 3.05) is 39.5 Å². The van der Waals surface area contributed by atoms with E-state index < -0.39 is 59.2 Å². The van der Waals surface area contributed by atoms with E-state index >= 15 is 0 Å². The molecule has 19 nitrogen and oxygen atoms in total. The van der Waals surface area contributed by atoms with E-state index in [1.165, 1.54) is 180 Å². The third-order valence-corrected chi connectivity index (χ3v) is 21.5. The van der Waals surface area contributed by atoms with E-state index in [1.807, 2.05) is 0 Å². The van der Waals surface area contributed by atoms with E-state index in [0.29, 0.717) is 25.7 Å². The molecule has 0 aromatic heterocycles. The number of hydrogen-bond acceptors (Lipinski definition) is 13. The third-order valence-electron chi connectivity index (χ3n) is 19.5. The molecule has 0 saturated heterocycles. The van der Waals surface area contributed by atoms with Gasteiger partial charge in [0.05, 0.1) is 38.5 Å². The Balaban J connectivity index is -0.00000850. The minimum atomic E-state index is -4.66. The van der Waals surface area contributed by atoms with Crippen LogP contribution in [0.2, 0.25) is 0 Å². The maximum Gasteiger partial charge on any atom is 1.00 e. The van der Waals surface area contributed by atoms with Crippen molar-refractivity contribution in [1.29, 1.82) is 0 Å². The van der Waals surface area contributed by atoms with Crippen LogP contribution >= 0.6 is 15.6 Å². The summed E-state index contributed by atoms with van der Waals surface area (Å²) in [7, 11) is -9.31.